The van der Waals surface area contributed by atoms with E-state index in [-0.39, 0.29) is 0 Å². The monoisotopic (exact) mass is 226 g/mol. The van der Waals surface area contributed by atoms with Crippen molar-refractivity contribution in [1.82, 2.24) is 9.97 Å². The van der Waals surface area contributed by atoms with E-state index >= 15 is 0 Å². The van der Waals surface area contributed by atoms with E-state index in [2.05, 4.69) is 28.5 Å². The van der Waals surface area contributed by atoms with Gasteiger partial charge in [-0.3, -0.25) is 0 Å². The summed E-state index contributed by atoms with van der Waals surface area (Å²) in [6.07, 6.45) is 5.57. The maximum Gasteiger partial charge on any atom is 0.134 e. The lowest BCUT2D eigenvalue weighted by molar-refractivity contribution is 0.904. The number of nitrogens with zero attached hydrogens (tertiary/aromatic N) is 2. The summed E-state index contributed by atoms with van der Waals surface area (Å²) in [5, 5.41) is 3.29. The van der Waals surface area contributed by atoms with Gasteiger partial charge < -0.3 is 11.1 Å². The van der Waals surface area contributed by atoms with E-state index in [9.17, 15) is 0 Å². The molecule has 0 bridgehead atoms. The first-order chi connectivity index (χ1) is 7.29. The lowest BCUT2D eigenvalue weighted by Crippen LogP contribution is -2.10. The largest absolute Gasteiger partial charge is 0.383 e. The molecule has 0 radical (unpaired) electrons. The molecule has 1 heterocycles. The summed E-state index contributed by atoms with van der Waals surface area (Å²) in [5.41, 5.74) is 6.86. The quantitative estimate of drug-likeness (QED) is 0.724. The van der Waals surface area contributed by atoms with Gasteiger partial charge in [0.1, 0.15) is 18.0 Å². The van der Waals surface area contributed by atoms with Gasteiger partial charge in [-0.2, -0.15) is 11.8 Å². The summed E-state index contributed by atoms with van der Waals surface area (Å²) in [6, 6.07) is 0. The Bertz CT molecular complexity index is 303. The van der Waals surface area contributed by atoms with E-state index in [0.717, 1.165) is 36.5 Å². The molecule has 1 aromatic heterocycles. The van der Waals surface area contributed by atoms with Crippen LogP contribution in [-0.4, -0.2) is 28.5 Å². The predicted octanol–water partition coefficient (Wildman–Crippen LogP) is 1.79. The maximum atomic E-state index is 5.82. The number of nitrogen functional groups attached to an aromatic ring is 1. The van der Waals surface area contributed by atoms with Crippen LogP contribution >= 0.6 is 11.8 Å². The number of anilines is 2. The zero-order valence-corrected chi connectivity index (χ0v) is 10.1. The number of thioether (sulfide) groups is 1. The van der Waals surface area contributed by atoms with Crippen molar-refractivity contribution in [3.8, 4) is 0 Å². The Morgan fingerprint density at radius 1 is 1.47 bits per heavy atom. The Hall–Kier alpha value is -0.970. The average Bonchev–Trinajstić information content (AvgIpc) is 2.23. The molecule has 0 aliphatic rings. The van der Waals surface area contributed by atoms with Gasteiger partial charge in [-0.1, -0.05) is 13.3 Å². The summed E-state index contributed by atoms with van der Waals surface area (Å²) in [6.45, 7) is 3.03. The van der Waals surface area contributed by atoms with Crippen LogP contribution in [0.2, 0.25) is 0 Å². The minimum Gasteiger partial charge on any atom is -0.383 e. The third-order valence-electron chi connectivity index (χ3n) is 2.08. The molecular formula is C10H18N4S. The van der Waals surface area contributed by atoms with Crippen LogP contribution in [0, 0.1) is 0 Å². The van der Waals surface area contributed by atoms with Crippen LogP contribution in [0.1, 0.15) is 18.9 Å². The number of nitrogens with one attached hydrogen (secondary N) is 1. The number of rotatable bonds is 6. The Kier molecular flexibility index (Phi) is 5.25. The number of nitrogens with two attached hydrogens (primary N) is 1. The van der Waals surface area contributed by atoms with Crippen molar-refractivity contribution in [2.45, 2.75) is 19.8 Å². The highest BCUT2D eigenvalue weighted by molar-refractivity contribution is 7.98. The van der Waals surface area contributed by atoms with Gasteiger partial charge >= 0.3 is 0 Å². The maximum absolute atomic E-state index is 5.82. The smallest absolute Gasteiger partial charge is 0.134 e. The molecule has 0 fully saturated rings. The highest BCUT2D eigenvalue weighted by Crippen LogP contribution is 2.18. The second-order valence-electron chi connectivity index (χ2n) is 3.26. The molecular weight excluding hydrogens is 208 g/mol. The fourth-order valence-corrected chi connectivity index (χ4v) is 1.65. The average molecular weight is 226 g/mol. The van der Waals surface area contributed by atoms with Crippen LogP contribution in [0.4, 0.5) is 11.6 Å². The summed E-state index contributed by atoms with van der Waals surface area (Å²) in [5.74, 6) is 2.55. The lowest BCUT2D eigenvalue weighted by atomic mass is 10.1. The minimum absolute atomic E-state index is 0.596. The molecule has 0 aliphatic heterocycles. The van der Waals surface area contributed by atoms with E-state index in [1.165, 1.54) is 6.33 Å². The van der Waals surface area contributed by atoms with Gasteiger partial charge in [0.25, 0.3) is 0 Å². The third kappa shape index (κ3) is 3.58. The molecule has 0 aliphatic carbocycles. The van der Waals surface area contributed by atoms with Gasteiger partial charge in [0, 0.05) is 17.9 Å². The van der Waals surface area contributed by atoms with E-state index in [1.807, 2.05) is 11.8 Å². The second-order valence-corrected chi connectivity index (χ2v) is 4.24. The number of hydrogen-bond acceptors (Lipinski definition) is 5. The Labute approximate surface area is 95.1 Å². The van der Waals surface area contributed by atoms with Crippen LogP contribution in [0.5, 0.6) is 0 Å². The molecule has 0 aromatic carbocycles. The fourth-order valence-electron chi connectivity index (χ4n) is 1.35. The van der Waals surface area contributed by atoms with Crippen molar-refractivity contribution in [3.63, 3.8) is 0 Å². The summed E-state index contributed by atoms with van der Waals surface area (Å²) >= 11 is 1.81. The molecule has 0 saturated heterocycles. The molecule has 0 unspecified atom stereocenters. The molecule has 4 nitrogen and oxygen atoms in total. The Morgan fingerprint density at radius 2 is 2.27 bits per heavy atom. The number of hydrogen-bond donors (Lipinski definition) is 2. The molecule has 1 aromatic rings. The first kappa shape index (κ1) is 12.1. The molecule has 84 valence electrons. The molecule has 1 rings (SSSR count). The van der Waals surface area contributed by atoms with E-state index < -0.39 is 0 Å². The standard InChI is InChI=1S/C10H18N4S/c1-3-4-8-9(11)13-7-14-10(8)12-5-6-15-2/h7H,3-6H2,1-2H3,(H3,11,12,13,14). The molecule has 3 N–H and O–H groups in total. The highest BCUT2D eigenvalue weighted by Gasteiger charge is 2.07. The molecule has 5 heteroatoms. The zero-order chi connectivity index (χ0) is 11.1. The molecule has 15 heavy (non-hydrogen) atoms. The number of aromatic nitrogens is 2. The van der Waals surface area contributed by atoms with Crippen LogP contribution in [0.25, 0.3) is 0 Å². The molecule has 0 saturated carbocycles. The van der Waals surface area contributed by atoms with E-state index in [1.54, 1.807) is 0 Å². The first-order valence-electron chi connectivity index (χ1n) is 5.11. The zero-order valence-electron chi connectivity index (χ0n) is 9.29. The molecule has 0 amide bonds. The van der Waals surface area contributed by atoms with Crippen molar-refractivity contribution in [2.24, 2.45) is 0 Å². The van der Waals surface area contributed by atoms with Gasteiger partial charge in [0.05, 0.1) is 0 Å². The fraction of sp³-hybridized carbons (Fsp3) is 0.600. The van der Waals surface area contributed by atoms with E-state index in [4.69, 9.17) is 5.73 Å². The Balaban J connectivity index is 2.71. The van der Waals surface area contributed by atoms with Crippen LogP contribution in [0.3, 0.4) is 0 Å². The first-order valence-corrected chi connectivity index (χ1v) is 6.51. The lowest BCUT2D eigenvalue weighted by Gasteiger charge is -2.11. The Morgan fingerprint density at radius 3 is 2.93 bits per heavy atom. The summed E-state index contributed by atoms with van der Waals surface area (Å²) in [4.78, 5) is 8.23. The predicted molar refractivity (Wildman–Crippen MR) is 67.3 cm³/mol. The van der Waals surface area contributed by atoms with Gasteiger partial charge in [0.2, 0.25) is 0 Å². The van der Waals surface area contributed by atoms with Crippen molar-refractivity contribution < 1.29 is 0 Å². The molecule has 0 spiro atoms. The van der Waals surface area contributed by atoms with Crippen LogP contribution in [-0.2, 0) is 6.42 Å². The highest BCUT2D eigenvalue weighted by atomic mass is 32.2. The SMILES string of the molecule is CCCc1c(N)ncnc1NCCSC. The van der Waals surface area contributed by atoms with Crippen molar-refractivity contribution in [1.29, 1.82) is 0 Å². The van der Waals surface area contributed by atoms with Crippen LogP contribution in [0.15, 0.2) is 6.33 Å². The van der Waals surface area contributed by atoms with Gasteiger partial charge in [-0.05, 0) is 12.7 Å². The normalized spacial score (nSPS) is 10.3. The van der Waals surface area contributed by atoms with Gasteiger partial charge in [0.15, 0.2) is 0 Å². The third-order valence-corrected chi connectivity index (χ3v) is 2.69. The summed E-state index contributed by atoms with van der Waals surface area (Å²) in [7, 11) is 0. The second kappa shape index (κ2) is 6.50. The molecule has 0 atom stereocenters. The van der Waals surface area contributed by atoms with Gasteiger partial charge in [-0.15, -0.1) is 0 Å². The summed E-state index contributed by atoms with van der Waals surface area (Å²) < 4.78 is 0. The van der Waals surface area contributed by atoms with Crippen LogP contribution < -0.4 is 11.1 Å². The van der Waals surface area contributed by atoms with Crippen molar-refractivity contribution >= 4 is 23.4 Å². The van der Waals surface area contributed by atoms with Gasteiger partial charge in [-0.25, -0.2) is 9.97 Å². The van der Waals surface area contributed by atoms with Crippen molar-refractivity contribution in [3.05, 3.63) is 11.9 Å². The minimum atomic E-state index is 0.596. The topological polar surface area (TPSA) is 63.8 Å². The van der Waals surface area contributed by atoms with Crippen molar-refractivity contribution in [2.75, 3.05) is 29.6 Å². The van der Waals surface area contributed by atoms with E-state index in [0.29, 0.717) is 5.82 Å².